The summed E-state index contributed by atoms with van der Waals surface area (Å²) < 4.78 is 6.81. The fourth-order valence-corrected chi connectivity index (χ4v) is 2.62. The van der Waals surface area contributed by atoms with Crippen molar-refractivity contribution in [2.75, 3.05) is 13.2 Å². The second kappa shape index (κ2) is 9.00. The zero-order valence-corrected chi connectivity index (χ0v) is 15.2. The number of benzene rings is 2. The maximum atomic E-state index is 12.2. The van der Waals surface area contributed by atoms with E-state index in [9.17, 15) is 9.59 Å². The summed E-state index contributed by atoms with van der Waals surface area (Å²) in [6, 6.07) is 17.9. The lowest BCUT2D eigenvalue weighted by Gasteiger charge is -2.10. The van der Waals surface area contributed by atoms with Gasteiger partial charge in [0.1, 0.15) is 5.75 Å². The van der Waals surface area contributed by atoms with E-state index in [1.165, 1.54) is 17.0 Å². The highest BCUT2D eigenvalue weighted by Gasteiger charge is 2.06. The van der Waals surface area contributed by atoms with Crippen molar-refractivity contribution < 1.29 is 9.53 Å². The number of ether oxygens (including phenoxy) is 1. The van der Waals surface area contributed by atoms with Crippen LogP contribution in [0.1, 0.15) is 0 Å². The third-order valence-corrected chi connectivity index (χ3v) is 4.13. The largest absolute Gasteiger partial charge is 0.482 e. The Labute approximate surface area is 161 Å². The Morgan fingerprint density at radius 3 is 2.59 bits per heavy atom. The second-order valence-electron chi connectivity index (χ2n) is 5.74. The van der Waals surface area contributed by atoms with Crippen molar-refractivity contribution in [1.82, 2.24) is 14.9 Å². The van der Waals surface area contributed by atoms with Crippen molar-refractivity contribution in [3.05, 3.63) is 82.4 Å². The molecule has 7 heteroatoms. The van der Waals surface area contributed by atoms with E-state index in [4.69, 9.17) is 16.3 Å². The number of rotatable bonds is 7. The molecule has 0 spiro atoms. The molecule has 6 nitrogen and oxygen atoms in total. The van der Waals surface area contributed by atoms with Gasteiger partial charge in [0, 0.05) is 24.7 Å². The Hall–Kier alpha value is -3.12. The van der Waals surface area contributed by atoms with Gasteiger partial charge in [-0.25, -0.2) is 4.98 Å². The van der Waals surface area contributed by atoms with Crippen LogP contribution >= 0.6 is 11.6 Å². The van der Waals surface area contributed by atoms with Crippen LogP contribution in [0.2, 0.25) is 5.02 Å². The first kappa shape index (κ1) is 18.7. The third-order valence-electron chi connectivity index (χ3n) is 3.82. The number of hydrogen-bond donors (Lipinski definition) is 1. The molecule has 0 saturated heterocycles. The average molecular weight is 384 g/mol. The number of nitrogens with zero attached hydrogens (tertiary/aromatic N) is 2. The molecule has 0 radical (unpaired) electrons. The van der Waals surface area contributed by atoms with E-state index in [0.29, 0.717) is 23.0 Å². The highest BCUT2D eigenvalue weighted by molar-refractivity contribution is 6.32. The number of halogens is 1. The summed E-state index contributed by atoms with van der Waals surface area (Å²) in [5, 5.41) is 3.15. The van der Waals surface area contributed by atoms with Crippen molar-refractivity contribution in [1.29, 1.82) is 0 Å². The van der Waals surface area contributed by atoms with Gasteiger partial charge in [-0.1, -0.05) is 54.1 Å². The monoisotopic (exact) mass is 383 g/mol. The minimum Gasteiger partial charge on any atom is -0.482 e. The summed E-state index contributed by atoms with van der Waals surface area (Å²) in [6.45, 7) is 0.458. The van der Waals surface area contributed by atoms with Crippen LogP contribution in [0.15, 0.2) is 71.8 Å². The number of hydrogen-bond acceptors (Lipinski definition) is 4. The lowest BCUT2D eigenvalue weighted by atomic mass is 10.1. The minimum absolute atomic E-state index is 0.149. The van der Waals surface area contributed by atoms with E-state index in [2.05, 4.69) is 10.3 Å². The number of para-hydroxylation sites is 1. The molecule has 1 amide bonds. The highest BCUT2D eigenvalue weighted by atomic mass is 35.5. The van der Waals surface area contributed by atoms with Crippen LogP contribution in [0.25, 0.3) is 11.3 Å². The SMILES string of the molecule is O=C(COc1ccccc1Cl)NCCn1cnc(-c2ccccc2)cc1=O. The van der Waals surface area contributed by atoms with Crippen LogP contribution < -0.4 is 15.6 Å². The Balaban J connectivity index is 1.49. The highest BCUT2D eigenvalue weighted by Crippen LogP contribution is 2.22. The van der Waals surface area contributed by atoms with E-state index in [-0.39, 0.29) is 24.6 Å². The topological polar surface area (TPSA) is 73.2 Å². The first-order valence-electron chi connectivity index (χ1n) is 8.39. The van der Waals surface area contributed by atoms with Crippen LogP contribution in [0.4, 0.5) is 0 Å². The van der Waals surface area contributed by atoms with Crippen LogP contribution in [0, 0.1) is 0 Å². The third kappa shape index (κ3) is 5.18. The first-order valence-corrected chi connectivity index (χ1v) is 8.77. The number of aromatic nitrogens is 2. The van der Waals surface area contributed by atoms with Gasteiger partial charge < -0.3 is 10.1 Å². The van der Waals surface area contributed by atoms with Gasteiger partial charge in [-0.15, -0.1) is 0 Å². The Bertz CT molecular complexity index is 973. The van der Waals surface area contributed by atoms with Gasteiger partial charge in [0.05, 0.1) is 17.0 Å². The molecule has 1 aromatic heterocycles. The van der Waals surface area contributed by atoms with E-state index >= 15 is 0 Å². The van der Waals surface area contributed by atoms with Crippen molar-refractivity contribution in [2.24, 2.45) is 0 Å². The molecule has 0 saturated carbocycles. The van der Waals surface area contributed by atoms with Crippen LogP contribution in [0.3, 0.4) is 0 Å². The predicted molar refractivity (Wildman–Crippen MR) is 104 cm³/mol. The molecule has 0 aliphatic carbocycles. The smallest absolute Gasteiger partial charge is 0.258 e. The molecular weight excluding hydrogens is 366 g/mol. The standard InChI is InChI=1S/C20H18ClN3O3/c21-16-8-4-5-9-18(16)27-13-19(25)22-10-11-24-14-23-17(12-20(24)26)15-6-2-1-3-7-15/h1-9,12,14H,10-11,13H2,(H,22,25). The minimum atomic E-state index is -0.295. The Morgan fingerprint density at radius 2 is 1.85 bits per heavy atom. The maximum Gasteiger partial charge on any atom is 0.258 e. The average Bonchev–Trinajstić information content (AvgIpc) is 2.69. The van der Waals surface area contributed by atoms with Gasteiger partial charge in [0.2, 0.25) is 0 Å². The molecule has 27 heavy (non-hydrogen) atoms. The second-order valence-corrected chi connectivity index (χ2v) is 6.15. The molecular formula is C20H18ClN3O3. The van der Waals surface area contributed by atoms with Crippen molar-refractivity contribution in [2.45, 2.75) is 6.54 Å². The molecule has 3 rings (SSSR count). The maximum absolute atomic E-state index is 12.2. The van der Waals surface area contributed by atoms with Gasteiger partial charge in [0.15, 0.2) is 6.61 Å². The lowest BCUT2D eigenvalue weighted by Crippen LogP contribution is -2.33. The molecule has 1 heterocycles. The normalized spacial score (nSPS) is 10.4. The summed E-state index contributed by atoms with van der Waals surface area (Å²) in [4.78, 5) is 28.4. The molecule has 0 unspecified atom stereocenters. The van der Waals surface area contributed by atoms with Gasteiger partial charge in [0.25, 0.3) is 11.5 Å². The molecule has 2 aromatic carbocycles. The van der Waals surface area contributed by atoms with Gasteiger partial charge in [-0.05, 0) is 12.1 Å². The van der Waals surface area contributed by atoms with E-state index in [1.54, 1.807) is 24.3 Å². The quantitative estimate of drug-likeness (QED) is 0.680. The zero-order chi connectivity index (χ0) is 19.1. The summed E-state index contributed by atoms with van der Waals surface area (Å²) in [5.41, 5.74) is 1.33. The molecule has 3 aromatic rings. The molecule has 0 aliphatic heterocycles. The molecule has 0 fully saturated rings. The number of carbonyl (C=O) groups is 1. The van der Waals surface area contributed by atoms with Gasteiger partial charge in [-0.3, -0.25) is 14.2 Å². The molecule has 138 valence electrons. The van der Waals surface area contributed by atoms with Crippen LogP contribution in [0.5, 0.6) is 5.75 Å². The van der Waals surface area contributed by atoms with Crippen LogP contribution in [-0.4, -0.2) is 28.6 Å². The fraction of sp³-hybridized carbons (Fsp3) is 0.150. The predicted octanol–water partition coefficient (Wildman–Crippen LogP) is 2.76. The van der Waals surface area contributed by atoms with Gasteiger partial charge >= 0.3 is 0 Å². The number of nitrogens with one attached hydrogen (secondary N) is 1. The molecule has 0 aliphatic rings. The van der Waals surface area contributed by atoms with Crippen molar-refractivity contribution in [3.63, 3.8) is 0 Å². The number of carbonyl (C=O) groups excluding carboxylic acids is 1. The number of amides is 1. The lowest BCUT2D eigenvalue weighted by molar-refractivity contribution is -0.123. The fourth-order valence-electron chi connectivity index (χ4n) is 2.43. The van der Waals surface area contributed by atoms with Gasteiger partial charge in [-0.2, -0.15) is 0 Å². The summed E-state index contributed by atoms with van der Waals surface area (Å²) in [6.07, 6.45) is 1.48. The van der Waals surface area contributed by atoms with E-state index in [1.807, 2.05) is 30.3 Å². The summed E-state index contributed by atoms with van der Waals surface area (Å²) in [5.74, 6) is 0.156. The first-order chi connectivity index (χ1) is 13.1. The molecule has 0 atom stereocenters. The van der Waals surface area contributed by atoms with Crippen LogP contribution in [-0.2, 0) is 11.3 Å². The van der Waals surface area contributed by atoms with Crippen molar-refractivity contribution in [3.8, 4) is 17.0 Å². The summed E-state index contributed by atoms with van der Waals surface area (Å²) in [7, 11) is 0. The summed E-state index contributed by atoms with van der Waals surface area (Å²) >= 11 is 5.96. The zero-order valence-electron chi connectivity index (χ0n) is 14.5. The molecule has 1 N–H and O–H groups in total. The van der Waals surface area contributed by atoms with Crippen molar-refractivity contribution >= 4 is 17.5 Å². The Kier molecular flexibility index (Phi) is 6.22. The Morgan fingerprint density at radius 1 is 1.11 bits per heavy atom. The van der Waals surface area contributed by atoms with E-state index in [0.717, 1.165) is 5.56 Å². The molecule has 0 bridgehead atoms. The van der Waals surface area contributed by atoms with E-state index < -0.39 is 0 Å².